The number of benzene rings is 1. The number of Topliss-reactive ketones (excluding diaryl/α,β-unsaturated/α-hetero) is 1. The Morgan fingerprint density at radius 2 is 2.07 bits per heavy atom. The van der Waals surface area contributed by atoms with Crippen LogP contribution in [-0.4, -0.2) is 19.2 Å². The van der Waals surface area contributed by atoms with Gasteiger partial charge in [-0.05, 0) is 12.1 Å². The SMILES string of the molecule is COc1ccc(C(=O)CC=O)c(Cl)c1Cl. The third-order valence-corrected chi connectivity index (χ3v) is 2.70. The van der Waals surface area contributed by atoms with Gasteiger partial charge in [-0.25, -0.2) is 0 Å². The first kappa shape index (κ1) is 12.0. The van der Waals surface area contributed by atoms with E-state index in [9.17, 15) is 9.59 Å². The lowest BCUT2D eigenvalue weighted by atomic mass is 10.1. The maximum absolute atomic E-state index is 11.4. The molecule has 1 aromatic carbocycles. The first-order chi connectivity index (χ1) is 7.11. The Bertz CT molecular complexity index is 402. The summed E-state index contributed by atoms with van der Waals surface area (Å²) in [6.45, 7) is 0. The lowest BCUT2D eigenvalue weighted by molar-refractivity contribution is -0.107. The summed E-state index contributed by atoms with van der Waals surface area (Å²) in [5, 5.41) is 0.291. The monoisotopic (exact) mass is 246 g/mol. The number of aldehydes is 1. The molecule has 0 saturated carbocycles. The van der Waals surface area contributed by atoms with E-state index >= 15 is 0 Å². The number of methoxy groups -OCH3 is 1. The second-order valence-electron chi connectivity index (χ2n) is 2.74. The van der Waals surface area contributed by atoms with Crippen molar-refractivity contribution in [3.8, 4) is 5.75 Å². The van der Waals surface area contributed by atoms with Crippen LogP contribution in [0.1, 0.15) is 16.8 Å². The van der Waals surface area contributed by atoms with Gasteiger partial charge >= 0.3 is 0 Å². The quantitative estimate of drug-likeness (QED) is 0.466. The zero-order valence-corrected chi connectivity index (χ0v) is 9.43. The molecule has 15 heavy (non-hydrogen) atoms. The molecule has 0 unspecified atom stereocenters. The van der Waals surface area contributed by atoms with Crippen molar-refractivity contribution in [2.24, 2.45) is 0 Å². The second kappa shape index (κ2) is 5.14. The highest BCUT2D eigenvalue weighted by molar-refractivity contribution is 6.44. The lowest BCUT2D eigenvalue weighted by Crippen LogP contribution is -2.01. The Morgan fingerprint density at radius 1 is 1.40 bits per heavy atom. The minimum atomic E-state index is -0.362. The molecule has 1 aromatic rings. The average molecular weight is 247 g/mol. The fourth-order valence-electron chi connectivity index (χ4n) is 1.09. The molecule has 80 valence electrons. The summed E-state index contributed by atoms with van der Waals surface area (Å²) in [5.41, 5.74) is 0.231. The lowest BCUT2D eigenvalue weighted by Gasteiger charge is -2.07. The second-order valence-corrected chi connectivity index (χ2v) is 3.49. The molecular weight excluding hydrogens is 239 g/mol. The number of hydrogen-bond donors (Lipinski definition) is 0. The van der Waals surface area contributed by atoms with E-state index in [1.54, 1.807) is 0 Å². The third-order valence-electron chi connectivity index (χ3n) is 1.84. The third kappa shape index (κ3) is 2.49. The zero-order valence-electron chi connectivity index (χ0n) is 7.92. The van der Waals surface area contributed by atoms with Gasteiger partial charge in [0.15, 0.2) is 5.78 Å². The van der Waals surface area contributed by atoms with Crippen molar-refractivity contribution in [3.63, 3.8) is 0 Å². The molecule has 0 fully saturated rings. The number of ether oxygens (including phenoxy) is 1. The molecule has 0 aromatic heterocycles. The Morgan fingerprint density at radius 3 is 2.60 bits per heavy atom. The van der Waals surface area contributed by atoms with E-state index in [0.29, 0.717) is 12.0 Å². The minimum Gasteiger partial charge on any atom is -0.495 e. The smallest absolute Gasteiger partial charge is 0.171 e. The van der Waals surface area contributed by atoms with Crippen molar-refractivity contribution in [2.75, 3.05) is 7.11 Å². The van der Waals surface area contributed by atoms with Gasteiger partial charge in [0, 0.05) is 5.56 Å². The molecule has 0 aliphatic heterocycles. The van der Waals surface area contributed by atoms with Crippen LogP contribution in [0, 0.1) is 0 Å². The summed E-state index contributed by atoms with van der Waals surface area (Å²) < 4.78 is 4.92. The van der Waals surface area contributed by atoms with Gasteiger partial charge in [-0.3, -0.25) is 4.79 Å². The highest BCUT2D eigenvalue weighted by Gasteiger charge is 2.15. The van der Waals surface area contributed by atoms with Crippen molar-refractivity contribution in [2.45, 2.75) is 6.42 Å². The zero-order chi connectivity index (χ0) is 11.4. The molecule has 0 bridgehead atoms. The minimum absolute atomic E-state index is 0.114. The topological polar surface area (TPSA) is 43.4 Å². The summed E-state index contributed by atoms with van der Waals surface area (Å²) in [5.74, 6) is 0.0314. The van der Waals surface area contributed by atoms with Gasteiger partial charge in [0.1, 0.15) is 17.1 Å². The average Bonchev–Trinajstić information content (AvgIpc) is 2.22. The van der Waals surface area contributed by atoms with Crippen molar-refractivity contribution >= 4 is 35.3 Å². The van der Waals surface area contributed by atoms with E-state index in [0.717, 1.165) is 0 Å². The predicted molar refractivity (Wildman–Crippen MR) is 58.0 cm³/mol. The summed E-state index contributed by atoms with van der Waals surface area (Å²) in [6, 6.07) is 3.02. The standard InChI is InChI=1S/C10H8Cl2O3/c1-15-8-3-2-6(7(14)4-5-13)9(11)10(8)12/h2-3,5H,4H2,1H3. The van der Waals surface area contributed by atoms with Crippen molar-refractivity contribution in [1.82, 2.24) is 0 Å². The van der Waals surface area contributed by atoms with Gasteiger partial charge in [-0.15, -0.1) is 0 Å². The fourth-order valence-corrected chi connectivity index (χ4v) is 1.59. The van der Waals surface area contributed by atoms with Crippen LogP contribution < -0.4 is 4.74 Å². The highest BCUT2D eigenvalue weighted by atomic mass is 35.5. The summed E-state index contributed by atoms with van der Waals surface area (Å²) in [6.07, 6.45) is 0.319. The normalized spacial score (nSPS) is 9.80. The fraction of sp³-hybridized carbons (Fsp3) is 0.200. The van der Waals surface area contributed by atoms with E-state index in [1.807, 2.05) is 0 Å². The van der Waals surface area contributed by atoms with Crippen LogP contribution in [0.3, 0.4) is 0 Å². The van der Waals surface area contributed by atoms with Crippen LogP contribution >= 0.6 is 23.2 Å². The van der Waals surface area contributed by atoms with Crippen LogP contribution in [0.5, 0.6) is 5.75 Å². The molecule has 0 aliphatic carbocycles. The molecule has 0 N–H and O–H groups in total. The number of carbonyl (C=O) groups is 2. The molecule has 0 radical (unpaired) electrons. The molecule has 0 heterocycles. The van der Waals surface area contributed by atoms with Crippen molar-refractivity contribution in [1.29, 1.82) is 0 Å². The Hall–Kier alpha value is -1.06. The summed E-state index contributed by atoms with van der Waals surface area (Å²) in [4.78, 5) is 21.6. The number of rotatable bonds is 4. The molecule has 0 atom stereocenters. The van der Waals surface area contributed by atoms with Crippen LogP contribution in [0.4, 0.5) is 0 Å². The van der Waals surface area contributed by atoms with Crippen molar-refractivity contribution in [3.05, 3.63) is 27.7 Å². The molecule has 0 saturated heterocycles. The first-order valence-corrected chi connectivity index (χ1v) is 4.86. The molecular formula is C10H8Cl2O3. The Balaban J connectivity index is 3.17. The summed E-state index contributed by atoms with van der Waals surface area (Å²) >= 11 is 11.7. The van der Waals surface area contributed by atoms with Crippen LogP contribution in [0.2, 0.25) is 10.0 Å². The number of halogens is 2. The number of hydrogen-bond acceptors (Lipinski definition) is 3. The maximum Gasteiger partial charge on any atom is 0.171 e. The molecule has 3 nitrogen and oxygen atoms in total. The number of ketones is 1. The maximum atomic E-state index is 11.4. The van der Waals surface area contributed by atoms with Gasteiger partial charge in [0.25, 0.3) is 0 Å². The molecule has 0 aliphatic rings. The van der Waals surface area contributed by atoms with E-state index in [4.69, 9.17) is 27.9 Å². The largest absolute Gasteiger partial charge is 0.495 e. The Kier molecular flexibility index (Phi) is 4.12. The van der Waals surface area contributed by atoms with Gasteiger partial charge in [-0.1, -0.05) is 23.2 Å². The predicted octanol–water partition coefficient (Wildman–Crippen LogP) is 2.77. The van der Waals surface area contributed by atoms with Gasteiger partial charge in [-0.2, -0.15) is 0 Å². The van der Waals surface area contributed by atoms with E-state index in [-0.39, 0.29) is 27.8 Å². The van der Waals surface area contributed by atoms with Crippen molar-refractivity contribution < 1.29 is 14.3 Å². The molecule has 5 heteroatoms. The summed E-state index contributed by atoms with van der Waals surface area (Å²) in [7, 11) is 1.45. The first-order valence-electron chi connectivity index (χ1n) is 4.10. The molecule has 1 rings (SSSR count). The molecule has 0 spiro atoms. The van der Waals surface area contributed by atoms with Crippen LogP contribution in [-0.2, 0) is 4.79 Å². The van der Waals surface area contributed by atoms with Crippen LogP contribution in [0.25, 0.3) is 0 Å². The van der Waals surface area contributed by atoms with E-state index < -0.39 is 0 Å². The van der Waals surface area contributed by atoms with Gasteiger partial charge in [0.2, 0.25) is 0 Å². The van der Waals surface area contributed by atoms with Crippen LogP contribution in [0.15, 0.2) is 12.1 Å². The van der Waals surface area contributed by atoms with Gasteiger partial charge < -0.3 is 9.53 Å². The Labute approximate surface area is 96.9 Å². The van der Waals surface area contributed by atoms with E-state index in [2.05, 4.69) is 0 Å². The molecule has 0 amide bonds. The van der Waals surface area contributed by atoms with Gasteiger partial charge in [0.05, 0.1) is 18.6 Å². The number of carbonyl (C=O) groups excluding carboxylic acids is 2. The highest BCUT2D eigenvalue weighted by Crippen LogP contribution is 2.34. The van der Waals surface area contributed by atoms with E-state index in [1.165, 1.54) is 19.2 Å².